The molecule has 0 spiro atoms. The third kappa shape index (κ3) is 3.57. The fraction of sp³-hybridized carbons (Fsp3) is 0.111. The van der Waals surface area contributed by atoms with E-state index in [4.69, 9.17) is 11.5 Å². The first-order valence-electron chi connectivity index (χ1n) is 4.10. The predicted molar refractivity (Wildman–Crippen MR) is 55.7 cm³/mol. The SMILES string of the molecule is NC(N)=NC(=O)CNc1ccccc1. The average molecular weight is 192 g/mol. The summed E-state index contributed by atoms with van der Waals surface area (Å²) in [6, 6.07) is 9.33. The van der Waals surface area contributed by atoms with E-state index in [1.807, 2.05) is 30.3 Å². The smallest absolute Gasteiger partial charge is 0.268 e. The van der Waals surface area contributed by atoms with Crippen molar-refractivity contribution in [3.63, 3.8) is 0 Å². The van der Waals surface area contributed by atoms with E-state index in [0.717, 1.165) is 5.69 Å². The van der Waals surface area contributed by atoms with Gasteiger partial charge in [0, 0.05) is 5.69 Å². The summed E-state index contributed by atoms with van der Waals surface area (Å²) in [5.74, 6) is -0.612. The summed E-state index contributed by atoms with van der Waals surface area (Å²) in [5.41, 5.74) is 10.9. The second-order valence-corrected chi connectivity index (χ2v) is 2.65. The van der Waals surface area contributed by atoms with Gasteiger partial charge in [0.2, 0.25) is 0 Å². The Hall–Kier alpha value is -2.04. The van der Waals surface area contributed by atoms with Crippen molar-refractivity contribution in [3.05, 3.63) is 30.3 Å². The number of nitrogens with two attached hydrogens (primary N) is 2. The number of hydrogen-bond acceptors (Lipinski definition) is 2. The van der Waals surface area contributed by atoms with E-state index >= 15 is 0 Å². The molecule has 1 aromatic rings. The molecule has 0 heterocycles. The maximum absolute atomic E-state index is 11.0. The largest absolute Gasteiger partial charge is 0.376 e. The van der Waals surface area contributed by atoms with Crippen LogP contribution in [0, 0.1) is 0 Å². The van der Waals surface area contributed by atoms with Crippen LogP contribution in [0.2, 0.25) is 0 Å². The van der Waals surface area contributed by atoms with Gasteiger partial charge in [0.1, 0.15) is 0 Å². The number of rotatable bonds is 3. The molecule has 1 aromatic carbocycles. The summed E-state index contributed by atoms with van der Waals surface area (Å²) in [4.78, 5) is 14.4. The van der Waals surface area contributed by atoms with E-state index in [2.05, 4.69) is 10.3 Å². The maximum atomic E-state index is 11.0. The molecule has 0 aliphatic rings. The van der Waals surface area contributed by atoms with Gasteiger partial charge in [-0.05, 0) is 12.1 Å². The second kappa shape index (κ2) is 4.86. The Morgan fingerprint density at radius 3 is 2.50 bits per heavy atom. The number of benzene rings is 1. The minimum atomic E-state index is -0.395. The van der Waals surface area contributed by atoms with E-state index in [1.165, 1.54) is 0 Å². The van der Waals surface area contributed by atoms with Crippen molar-refractivity contribution in [1.82, 2.24) is 0 Å². The molecule has 0 bridgehead atoms. The van der Waals surface area contributed by atoms with E-state index < -0.39 is 5.91 Å². The molecule has 0 aliphatic heterocycles. The zero-order valence-corrected chi connectivity index (χ0v) is 7.60. The Labute approximate surface area is 81.8 Å². The number of anilines is 1. The van der Waals surface area contributed by atoms with Crippen LogP contribution < -0.4 is 16.8 Å². The molecule has 1 amide bonds. The lowest BCUT2D eigenvalue weighted by Gasteiger charge is -2.02. The van der Waals surface area contributed by atoms with E-state index in [-0.39, 0.29) is 12.5 Å². The molecule has 0 atom stereocenters. The van der Waals surface area contributed by atoms with Gasteiger partial charge >= 0.3 is 0 Å². The fourth-order valence-corrected chi connectivity index (χ4v) is 0.917. The Bertz CT molecular complexity index is 330. The Morgan fingerprint density at radius 1 is 1.29 bits per heavy atom. The quantitative estimate of drug-likeness (QED) is 0.460. The van der Waals surface area contributed by atoms with Crippen LogP contribution in [0.25, 0.3) is 0 Å². The highest BCUT2D eigenvalue weighted by Crippen LogP contribution is 2.03. The number of nitrogens with zero attached hydrogens (tertiary/aromatic N) is 1. The lowest BCUT2D eigenvalue weighted by Crippen LogP contribution is -2.26. The molecule has 5 N–H and O–H groups in total. The van der Waals surface area contributed by atoms with E-state index in [0.29, 0.717) is 0 Å². The molecule has 0 saturated carbocycles. The fourth-order valence-electron chi connectivity index (χ4n) is 0.917. The average Bonchev–Trinajstić information content (AvgIpc) is 2.15. The molecule has 0 unspecified atom stereocenters. The number of nitrogens with one attached hydrogen (secondary N) is 1. The number of hydrogen-bond donors (Lipinski definition) is 3. The van der Waals surface area contributed by atoms with Crippen molar-refractivity contribution in [3.8, 4) is 0 Å². The van der Waals surface area contributed by atoms with Crippen LogP contribution in [0.1, 0.15) is 0 Å². The number of carbonyl (C=O) groups is 1. The van der Waals surface area contributed by atoms with Gasteiger partial charge in [-0.15, -0.1) is 0 Å². The van der Waals surface area contributed by atoms with Gasteiger partial charge in [0.05, 0.1) is 6.54 Å². The van der Waals surface area contributed by atoms with Gasteiger partial charge in [-0.3, -0.25) is 4.79 Å². The van der Waals surface area contributed by atoms with Crippen LogP contribution in [-0.2, 0) is 4.79 Å². The lowest BCUT2D eigenvalue weighted by atomic mass is 10.3. The highest BCUT2D eigenvalue weighted by atomic mass is 16.1. The molecule has 5 nitrogen and oxygen atoms in total. The molecular weight excluding hydrogens is 180 g/mol. The van der Waals surface area contributed by atoms with Gasteiger partial charge in [-0.2, -0.15) is 4.99 Å². The third-order valence-corrected chi connectivity index (χ3v) is 1.47. The first kappa shape index (κ1) is 10.0. The number of aliphatic imine (C=N–C) groups is 1. The van der Waals surface area contributed by atoms with Gasteiger partial charge in [0.25, 0.3) is 5.91 Å². The Kier molecular flexibility index (Phi) is 3.49. The summed E-state index contributed by atoms with van der Waals surface area (Å²) in [6.45, 7) is 0.0852. The van der Waals surface area contributed by atoms with Crippen LogP contribution in [0.5, 0.6) is 0 Å². The monoisotopic (exact) mass is 192 g/mol. The Morgan fingerprint density at radius 2 is 1.93 bits per heavy atom. The first-order valence-corrected chi connectivity index (χ1v) is 4.10. The van der Waals surface area contributed by atoms with Crippen molar-refractivity contribution in [1.29, 1.82) is 0 Å². The number of para-hydroxylation sites is 1. The van der Waals surface area contributed by atoms with Crippen LogP contribution in [0.4, 0.5) is 5.69 Å². The summed E-state index contributed by atoms with van der Waals surface area (Å²) in [5, 5.41) is 2.88. The molecule has 14 heavy (non-hydrogen) atoms. The van der Waals surface area contributed by atoms with E-state index in [1.54, 1.807) is 0 Å². The van der Waals surface area contributed by atoms with Crippen molar-refractivity contribution in [2.24, 2.45) is 16.5 Å². The lowest BCUT2D eigenvalue weighted by molar-refractivity contribution is -0.116. The first-order chi connectivity index (χ1) is 6.68. The molecule has 74 valence electrons. The molecule has 0 radical (unpaired) electrons. The van der Waals surface area contributed by atoms with Crippen molar-refractivity contribution in [2.75, 3.05) is 11.9 Å². The van der Waals surface area contributed by atoms with Crippen LogP contribution in [0.3, 0.4) is 0 Å². The third-order valence-electron chi connectivity index (χ3n) is 1.47. The highest BCUT2D eigenvalue weighted by molar-refractivity contribution is 5.93. The summed E-state index contributed by atoms with van der Waals surface area (Å²) in [6.07, 6.45) is 0. The van der Waals surface area contributed by atoms with Gasteiger partial charge in [-0.25, -0.2) is 0 Å². The van der Waals surface area contributed by atoms with Crippen LogP contribution in [-0.4, -0.2) is 18.4 Å². The summed E-state index contributed by atoms with van der Waals surface area (Å²) in [7, 11) is 0. The normalized spacial score (nSPS) is 9.14. The molecular formula is C9H12N4O. The van der Waals surface area contributed by atoms with Crippen LogP contribution >= 0.6 is 0 Å². The minimum Gasteiger partial charge on any atom is -0.376 e. The van der Waals surface area contributed by atoms with Crippen LogP contribution in [0.15, 0.2) is 35.3 Å². The van der Waals surface area contributed by atoms with Gasteiger partial charge < -0.3 is 16.8 Å². The maximum Gasteiger partial charge on any atom is 0.268 e. The zero-order valence-electron chi connectivity index (χ0n) is 7.60. The predicted octanol–water partition coefficient (Wildman–Crippen LogP) is -0.101. The molecule has 5 heteroatoms. The van der Waals surface area contributed by atoms with Crippen molar-refractivity contribution < 1.29 is 4.79 Å². The van der Waals surface area contributed by atoms with Gasteiger partial charge in [-0.1, -0.05) is 18.2 Å². The summed E-state index contributed by atoms with van der Waals surface area (Å²) < 4.78 is 0. The number of carbonyl (C=O) groups excluding carboxylic acids is 1. The molecule has 0 saturated heterocycles. The molecule has 0 fully saturated rings. The molecule has 0 aliphatic carbocycles. The molecule has 0 aromatic heterocycles. The Balaban J connectivity index is 2.42. The standard InChI is InChI=1S/C9H12N4O/c10-9(11)13-8(14)6-12-7-4-2-1-3-5-7/h1-5,12H,6H2,(H4,10,11,13,14). The number of amides is 1. The van der Waals surface area contributed by atoms with E-state index in [9.17, 15) is 4.79 Å². The van der Waals surface area contributed by atoms with Crippen molar-refractivity contribution >= 4 is 17.6 Å². The van der Waals surface area contributed by atoms with Crippen molar-refractivity contribution in [2.45, 2.75) is 0 Å². The zero-order chi connectivity index (χ0) is 10.4. The van der Waals surface area contributed by atoms with Gasteiger partial charge in [0.15, 0.2) is 5.96 Å². The molecule has 1 rings (SSSR count). The highest BCUT2D eigenvalue weighted by Gasteiger charge is 1.98. The summed E-state index contributed by atoms with van der Waals surface area (Å²) >= 11 is 0. The minimum absolute atomic E-state index is 0.0852. The topological polar surface area (TPSA) is 93.5 Å². The second-order valence-electron chi connectivity index (χ2n) is 2.65. The number of guanidine groups is 1.